The Bertz CT molecular complexity index is 1690. The highest BCUT2D eigenvalue weighted by Crippen LogP contribution is 2.58. The standard InChI is InChI=1S/C37H26BrN/c38-33-23-11-7-19-29(33)30-20-8-12-24-34(30)39-35-25-13-9-21-31(35)37(27-15-3-1-4-16-27,28-17-5-2-6-18-28)32-22-10-14-26-36(32)39/h1-26H. The number of halogens is 1. The van der Waals surface area contributed by atoms with Crippen LogP contribution >= 0.6 is 15.9 Å². The summed E-state index contributed by atoms with van der Waals surface area (Å²) in [5.74, 6) is 0. The Morgan fingerprint density at radius 1 is 0.385 bits per heavy atom. The minimum atomic E-state index is -0.464. The van der Waals surface area contributed by atoms with Crippen LogP contribution in [0.25, 0.3) is 11.1 Å². The average Bonchev–Trinajstić information content (AvgIpc) is 3.01. The minimum Gasteiger partial charge on any atom is -0.309 e. The van der Waals surface area contributed by atoms with Crippen LogP contribution in [0, 0.1) is 0 Å². The topological polar surface area (TPSA) is 3.24 Å². The van der Waals surface area contributed by atoms with Crippen molar-refractivity contribution >= 4 is 33.0 Å². The van der Waals surface area contributed by atoms with Gasteiger partial charge in [-0.25, -0.2) is 0 Å². The maximum absolute atomic E-state index is 3.82. The van der Waals surface area contributed by atoms with Crippen molar-refractivity contribution in [3.8, 4) is 11.1 Å². The predicted octanol–water partition coefficient (Wildman–Crippen LogP) is 10.3. The molecule has 0 spiro atoms. The zero-order valence-corrected chi connectivity index (χ0v) is 22.9. The molecule has 2 heteroatoms. The van der Waals surface area contributed by atoms with Gasteiger partial charge in [0.2, 0.25) is 0 Å². The van der Waals surface area contributed by atoms with E-state index in [0.717, 1.165) is 10.2 Å². The summed E-state index contributed by atoms with van der Waals surface area (Å²) in [5, 5.41) is 0. The van der Waals surface area contributed by atoms with E-state index in [-0.39, 0.29) is 0 Å². The van der Waals surface area contributed by atoms with Crippen LogP contribution in [0.3, 0.4) is 0 Å². The molecule has 0 aromatic heterocycles. The van der Waals surface area contributed by atoms with E-state index in [0.29, 0.717) is 0 Å². The molecule has 0 radical (unpaired) electrons. The molecule has 39 heavy (non-hydrogen) atoms. The Morgan fingerprint density at radius 2 is 0.795 bits per heavy atom. The summed E-state index contributed by atoms with van der Waals surface area (Å²) in [6.45, 7) is 0. The average molecular weight is 565 g/mol. The van der Waals surface area contributed by atoms with Gasteiger partial charge in [0.05, 0.1) is 22.5 Å². The molecular weight excluding hydrogens is 538 g/mol. The normalized spacial score (nSPS) is 13.4. The first-order valence-electron chi connectivity index (χ1n) is 13.2. The Hall–Kier alpha value is -4.40. The maximum Gasteiger partial charge on any atom is 0.0742 e. The van der Waals surface area contributed by atoms with Crippen molar-refractivity contribution in [1.82, 2.24) is 0 Å². The first-order chi connectivity index (χ1) is 19.3. The number of benzene rings is 6. The van der Waals surface area contributed by atoms with Gasteiger partial charge in [0.1, 0.15) is 0 Å². The summed E-state index contributed by atoms with van der Waals surface area (Å²) in [5.41, 5.74) is 10.5. The van der Waals surface area contributed by atoms with Crippen LogP contribution in [-0.4, -0.2) is 0 Å². The lowest BCUT2D eigenvalue weighted by molar-refractivity contribution is 0.731. The maximum atomic E-state index is 3.82. The number of rotatable bonds is 4. The van der Waals surface area contributed by atoms with E-state index in [1.54, 1.807) is 0 Å². The van der Waals surface area contributed by atoms with Gasteiger partial charge in [-0.15, -0.1) is 0 Å². The second-order valence-electron chi connectivity index (χ2n) is 9.85. The van der Waals surface area contributed by atoms with E-state index in [2.05, 4.69) is 179 Å². The van der Waals surface area contributed by atoms with Gasteiger partial charge in [-0.3, -0.25) is 0 Å². The van der Waals surface area contributed by atoms with Gasteiger partial charge < -0.3 is 4.90 Å². The van der Waals surface area contributed by atoms with Crippen molar-refractivity contribution in [1.29, 1.82) is 0 Å². The Kier molecular flexibility index (Phi) is 5.91. The lowest BCUT2D eigenvalue weighted by atomic mass is 9.62. The second-order valence-corrected chi connectivity index (χ2v) is 10.7. The van der Waals surface area contributed by atoms with Crippen LogP contribution in [-0.2, 0) is 5.41 Å². The third-order valence-corrected chi connectivity index (χ3v) is 8.51. The molecule has 0 saturated carbocycles. The number of nitrogens with zero attached hydrogens (tertiary/aromatic N) is 1. The highest BCUT2D eigenvalue weighted by atomic mass is 79.9. The third kappa shape index (κ3) is 3.67. The quantitative estimate of drug-likeness (QED) is 0.206. The van der Waals surface area contributed by atoms with Crippen LogP contribution < -0.4 is 4.90 Å². The molecule has 186 valence electrons. The van der Waals surface area contributed by atoms with Crippen molar-refractivity contribution in [3.05, 3.63) is 184 Å². The van der Waals surface area contributed by atoms with Crippen LogP contribution in [0.1, 0.15) is 22.3 Å². The van der Waals surface area contributed by atoms with Crippen LogP contribution in [0.2, 0.25) is 0 Å². The summed E-state index contributed by atoms with van der Waals surface area (Å²) < 4.78 is 1.08. The Morgan fingerprint density at radius 3 is 1.33 bits per heavy atom. The smallest absolute Gasteiger partial charge is 0.0742 e. The highest BCUT2D eigenvalue weighted by Gasteiger charge is 2.46. The van der Waals surface area contributed by atoms with Crippen molar-refractivity contribution in [3.63, 3.8) is 0 Å². The van der Waals surface area contributed by atoms with E-state index >= 15 is 0 Å². The number of hydrogen-bond donors (Lipinski definition) is 0. The molecule has 0 unspecified atom stereocenters. The van der Waals surface area contributed by atoms with E-state index in [4.69, 9.17) is 0 Å². The molecule has 0 aliphatic carbocycles. The molecule has 1 aliphatic rings. The molecule has 0 saturated heterocycles. The van der Waals surface area contributed by atoms with Gasteiger partial charge in [0, 0.05) is 10.0 Å². The fourth-order valence-corrected chi connectivity index (χ4v) is 6.75. The zero-order valence-electron chi connectivity index (χ0n) is 21.3. The third-order valence-electron chi connectivity index (χ3n) is 7.82. The molecule has 0 bridgehead atoms. The number of anilines is 3. The van der Waals surface area contributed by atoms with E-state index < -0.39 is 5.41 Å². The summed E-state index contributed by atoms with van der Waals surface area (Å²) >= 11 is 3.82. The minimum absolute atomic E-state index is 0.464. The number of fused-ring (bicyclic) bond motifs is 2. The Labute approximate surface area is 238 Å². The van der Waals surface area contributed by atoms with Gasteiger partial charge in [-0.1, -0.05) is 149 Å². The predicted molar refractivity (Wildman–Crippen MR) is 166 cm³/mol. The fourth-order valence-electron chi connectivity index (χ4n) is 6.25. The van der Waals surface area contributed by atoms with Gasteiger partial charge in [-0.2, -0.15) is 0 Å². The lowest BCUT2D eigenvalue weighted by Gasteiger charge is -2.46. The monoisotopic (exact) mass is 563 g/mol. The molecule has 0 amide bonds. The van der Waals surface area contributed by atoms with Crippen molar-refractivity contribution in [2.24, 2.45) is 0 Å². The van der Waals surface area contributed by atoms with E-state index in [1.807, 2.05) is 0 Å². The largest absolute Gasteiger partial charge is 0.309 e. The van der Waals surface area contributed by atoms with Crippen LogP contribution in [0.15, 0.2) is 162 Å². The molecule has 6 aromatic rings. The van der Waals surface area contributed by atoms with Gasteiger partial charge in [0.25, 0.3) is 0 Å². The first-order valence-corrected chi connectivity index (χ1v) is 14.0. The van der Waals surface area contributed by atoms with Crippen molar-refractivity contribution < 1.29 is 0 Å². The first kappa shape index (κ1) is 23.7. The van der Waals surface area contributed by atoms with Gasteiger partial charge in [0.15, 0.2) is 0 Å². The molecule has 6 aromatic carbocycles. The molecule has 7 rings (SSSR count). The summed E-state index contributed by atoms with van der Waals surface area (Å²) in [4.78, 5) is 2.45. The van der Waals surface area contributed by atoms with Gasteiger partial charge in [-0.05, 0) is 52.1 Å². The Balaban J connectivity index is 1.60. The molecule has 1 nitrogen and oxygen atoms in total. The van der Waals surface area contributed by atoms with Crippen LogP contribution in [0.4, 0.5) is 17.1 Å². The zero-order chi connectivity index (χ0) is 26.2. The molecule has 0 atom stereocenters. The molecule has 1 heterocycles. The number of para-hydroxylation sites is 3. The van der Waals surface area contributed by atoms with Crippen LogP contribution in [0.5, 0.6) is 0 Å². The number of hydrogen-bond acceptors (Lipinski definition) is 1. The summed E-state index contributed by atoms with van der Waals surface area (Å²) in [6.07, 6.45) is 0. The van der Waals surface area contributed by atoms with Crippen molar-refractivity contribution in [2.75, 3.05) is 4.90 Å². The summed E-state index contributed by atoms with van der Waals surface area (Å²) in [6, 6.07) is 56.9. The highest BCUT2D eigenvalue weighted by molar-refractivity contribution is 9.10. The summed E-state index contributed by atoms with van der Waals surface area (Å²) in [7, 11) is 0. The van der Waals surface area contributed by atoms with Gasteiger partial charge >= 0.3 is 0 Å². The molecule has 0 N–H and O–H groups in total. The SMILES string of the molecule is Brc1ccccc1-c1ccccc1N1c2ccccc2C(c2ccccc2)(c2ccccc2)c2ccccc21. The molecule has 1 aliphatic heterocycles. The lowest BCUT2D eigenvalue weighted by Crippen LogP contribution is -2.37. The molecule has 0 fully saturated rings. The van der Waals surface area contributed by atoms with E-state index in [1.165, 1.54) is 44.8 Å². The molecular formula is C37H26BrN. The second kappa shape index (κ2) is 9.72. The fraction of sp³-hybridized carbons (Fsp3) is 0.0270. The van der Waals surface area contributed by atoms with Crippen molar-refractivity contribution in [2.45, 2.75) is 5.41 Å². The van der Waals surface area contributed by atoms with E-state index in [9.17, 15) is 0 Å².